The van der Waals surface area contributed by atoms with Crippen molar-refractivity contribution in [1.82, 2.24) is 19.9 Å². The van der Waals surface area contributed by atoms with Gasteiger partial charge in [-0.1, -0.05) is 13.8 Å². The molecule has 2 aromatic heterocycles. The fourth-order valence-electron chi connectivity index (χ4n) is 2.34. The summed E-state index contributed by atoms with van der Waals surface area (Å²) in [6, 6.07) is 0.154. The predicted octanol–water partition coefficient (Wildman–Crippen LogP) is 3.32. The monoisotopic (exact) mass is 292 g/mol. The van der Waals surface area contributed by atoms with Crippen molar-refractivity contribution in [2.45, 2.75) is 53.1 Å². The van der Waals surface area contributed by atoms with E-state index in [0.717, 1.165) is 30.9 Å². The van der Waals surface area contributed by atoms with Crippen LogP contribution in [0, 0.1) is 6.92 Å². The summed E-state index contributed by atoms with van der Waals surface area (Å²) in [7, 11) is 0. The zero-order valence-corrected chi connectivity index (χ0v) is 13.6. The van der Waals surface area contributed by atoms with Crippen LogP contribution in [0.2, 0.25) is 0 Å². The van der Waals surface area contributed by atoms with Crippen LogP contribution in [0.5, 0.6) is 0 Å². The standard InChI is InChI=1S/C15H24N4S/c1-5-8-17-14(13-9-16-10-19(13)7-3)15-18-12(6-2)11(4)20-15/h9-10,14,17H,5-8H2,1-4H3. The van der Waals surface area contributed by atoms with Crippen LogP contribution in [0.25, 0.3) is 0 Å². The topological polar surface area (TPSA) is 42.7 Å². The lowest BCUT2D eigenvalue weighted by atomic mass is 10.2. The summed E-state index contributed by atoms with van der Waals surface area (Å²) in [5, 5.41) is 4.77. The van der Waals surface area contributed by atoms with Gasteiger partial charge in [-0.25, -0.2) is 9.97 Å². The fraction of sp³-hybridized carbons (Fsp3) is 0.600. The third-order valence-electron chi connectivity index (χ3n) is 3.47. The predicted molar refractivity (Wildman–Crippen MR) is 84.3 cm³/mol. The molecule has 0 aromatic carbocycles. The number of imidazole rings is 1. The number of aromatic nitrogens is 3. The third kappa shape index (κ3) is 3.10. The largest absolute Gasteiger partial charge is 0.333 e. The van der Waals surface area contributed by atoms with Crippen LogP contribution >= 0.6 is 11.3 Å². The minimum atomic E-state index is 0.154. The second kappa shape index (κ2) is 6.99. The zero-order valence-electron chi connectivity index (χ0n) is 12.8. The lowest BCUT2D eigenvalue weighted by molar-refractivity contribution is 0.552. The molecule has 0 bridgehead atoms. The molecule has 1 atom stereocenters. The Morgan fingerprint density at radius 3 is 2.75 bits per heavy atom. The summed E-state index contributed by atoms with van der Waals surface area (Å²) >= 11 is 1.80. The Balaban J connectivity index is 2.36. The van der Waals surface area contributed by atoms with E-state index in [9.17, 15) is 0 Å². The molecule has 0 saturated carbocycles. The van der Waals surface area contributed by atoms with Crippen molar-refractivity contribution >= 4 is 11.3 Å². The van der Waals surface area contributed by atoms with Crippen LogP contribution in [0.1, 0.15) is 54.5 Å². The number of nitrogens with one attached hydrogen (secondary N) is 1. The highest BCUT2D eigenvalue weighted by atomic mass is 32.1. The van der Waals surface area contributed by atoms with Crippen molar-refractivity contribution in [2.75, 3.05) is 6.54 Å². The van der Waals surface area contributed by atoms with Gasteiger partial charge in [-0.2, -0.15) is 0 Å². The molecule has 0 fully saturated rings. The molecular weight excluding hydrogens is 268 g/mol. The number of hydrogen-bond donors (Lipinski definition) is 1. The molecule has 0 saturated heterocycles. The minimum Gasteiger partial charge on any atom is -0.333 e. The van der Waals surface area contributed by atoms with E-state index in [-0.39, 0.29) is 6.04 Å². The average molecular weight is 292 g/mol. The molecule has 0 aliphatic heterocycles. The second-order valence-corrected chi connectivity index (χ2v) is 6.13. The molecule has 2 heterocycles. The Morgan fingerprint density at radius 2 is 2.15 bits per heavy atom. The van der Waals surface area contributed by atoms with Crippen molar-refractivity contribution in [2.24, 2.45) is 0 Å². The van der Waals surface area contributed by atoms with Crippen molar-refractivity contribution in [3.63, 3.8) is 0 Å². The average Bonchev–Trinajstić information content (AvgIpc) is 3.06. The quantitative estimate of drug-likeness (QED) is 0.851. The molecule has 110 valence electrons. The van der Waals surface area contributed by atoms with Crippen LogP contribution in [-0.4, -0.2) is 21.1 Å². The Hall–Kier alpha value is -1.20. The molecule has 0 amide bonds. The van der Waals surface area contributed by atoms with E-state index in [4.69, 9.17) is 4.98 Å². The summed E-state index contributed by atoms with van der Waals surface area (Å²) in [5.74, 6) is 0. The summed E-state index contributed by atoms with van der Waals surface area (Å²) in [6.45, 7) is 10.6. The lowest BCUT2D eigenvalue weighted by Gasteiger charge is -2.17. The number of aryl methyl sites for hydroxylation is 3. The Bertz CT molecular complexity index is 544. The molecule has 2 rings (SSSR count). The summed E-state index contributed by atoms with van der Waals surface area (Å²) in [6.07, 6.45) is 5.97. The van der Waals surface area contributed by atoms with E-state index < -0.39 is 0 Å². The second-order valence-electron chi connectivity index (χ2n) is 4.90. The molecule has 0 radical (unpaired) electrons. The fourth-order valence-corrected chi connectivity index (χ4v) is 3.44. The van der Waals surface area contributed by atoms with E-state index in [1.807, 2.05) is 12.5 Å². The maximum atomic E-state index is 4.83. The maximum absolute atomic E-state index is 4.83. The normalized spacial score (nSPS) is 12.8. The van der Waals surface area contributed by atoms with Gasteiger partial charge in [0, 0.05) is 11.4 Å². The van der Waals surface area contributed by atoms with Gasteiger partial charge in [-0.15, -0.1) is 11.3 Å². The Labute approximate surface area is 125 Å². The highest BCUT2D eigenvalue weighted by Crippen LogP contribution is 2.28. The van der Waals surface area contributed by atoms with E-state index >= 15 is 0 Å². The maximum Gasteiger partial charge on any atom is 0.116 e. The lowest BCUT2D eigenvalue weighted by Crippen LogP contribution is -2.25. The highest BCUT2D eigenvalue weighted by molar-refractivity contribution is 7.11. The van der Waals surface area contributed by atoms with E-state index in [1.54, 1.807) is 11.3 Å². The molecule has 20 heavy (non-hydrogen) atoms. The summed E-state index contributed by atoms with van der Waals surface area (Å²) in [4.78, 5) is 10.5. The van der Waals surface area contributed by atoms with E-state index in [0.29, 0.717) is 0 Å². The van der Waals surface area contributed by atoms with Gasteiger partial charge in [0.1, 0.15) is 11.0 Å². The molecule has 1 N–H and O–H groups in total. The van der Waals surface area contributed by atoms with Crippen molar-refractivity contribution in [1.29, 1.82) is 0 Å². The van der Waals surface area contributed by atoms with Gasteiger partial charge < -0.3 is 9.88 Å². The van der Waals surface area contributed by atoms with Crippen LogP contribution in [0.3, 0.4) is 0 Å². The summed E-state index contributed by atoms with van der Waals surface area (Å²) in [5.41, 5.74) is 2.42. The molecule has 0 aliphatic rings. The number of thiazole rings is 1. The van der Waals surface area contributed by atoms with Gasteiger partial charge in [0.05, 0.1) is 23.9 Å². The first kappa shape index (κ1) is 15.2. The van der Waals surface area contributed by atoms with Crippen molar-refractivity contribution < 1.29 is 0 Å². The Kier molecular flexibility index (Phi) is 5.31. The van der Waals surface area contributed by atoms with Crippen LogP contribution < -0.4 is 5.32 Å². The number of rotatable bonds is 7. The van der Waals surface area contributed by atoms with Gasteiger partial charge >= 0.3 is 0 Å². The van der Waals surface area contributed by atoms with Crippen molar-refractivity contribution in [3.8, 4) is 0 Å². The van der Waals surface area contributed by atoms with Gasteiger partial charge in [0.25, 0.3) is 0 Å². The molecule has 1 unspecified atom stereocenters. The molecule has 2 aromatic rings. The smallest absolute Gasteiger partial charge is 0.116 e. The molecule has 0 aliphatic carbocycles. The van der Waals surface area contributed by atoms with Crippen molar-refractivity contribution in [3.05, 3.63) is 33.8 Å². The highest BCUT2D eigenvalue weighted by Gasteiger charge is 2.21. The van der Waals surface area contributed by atoms with E-state index in [2.05, 4.69) is 42.6 Å². The first-order valence-corrected chi connectivity index (χ1v) is 8.22. The SMILES string of the molecule is CCCNC(c1nc(CC)c(C)s1)c1cncn1CC. The number of nitrogens with zero attached hydrogens (tertiary/aromatic N) is 3. The summed E-state index contributed by atoms with van der Waals surface area (Å²) < 4.78 is 2.19. The first-order valence-electron chi connectivity index (χ1n) is 7.40. The first-order chi connectivity index (χ1) is 9.71. The third-order valence-corrected chi connectivity index (χ3v) is 4.55. The van der Waals surface area contributed by atoms with Crippen LogP contribution in [0.15, 0.2) is 12.5 Å². The minimum absolute atomic E-state index is 0.154. The molecule has 4 nitrogen and oxygen atoms in total. The number of hydrogen-bond acceptors (Lipinski definition) is 4. The molecule has 0 spiro atoms. The van der Waals surface area contributed by atoms with Crippen LogP contribution in [-0.2, 0) is 13.0 Å². The molecular formula is C15H24N4S. The van der Waals surface area contributed by atoms with Gasteiger partial charge in [-0.05, 0) is 33.2 Å². The van der Waals surface area contributed by atoms with E-state index in [1.165, 1.54) is 16.3 Å². The Morgan fingerprint density at radius 1 is 1.35 bits per heavy atom. The zero-order chi connectivity index (χ0) is 14.5. The van der Waals surface area contributed by atoms with Gasteiger partial charge in [-0.3, -0.25) is 0 Å². The van der Waals surface area contributed by atoms with Crippen LogP contribution in [0.4, 0.5) is 0 Å². The molecule has 5 heteroatoms. The van der Waals surface area contributed by atoms with Gasteiger partial charge in [0.15, 0.2) is 0 Å². The van der Waals surface area contributed by atoms with Gasteiger partial charge in [0.2, 0.25) is 0 Å².